The van der Waals surface area contributed by atoms with Gasteiger partial charge < -0.3 is 10.5 Å². The molecule has 0 bridgehead atoms. The minimum atomic E-state index is 0.0400. The van der Waals surface area contributed by atoms with Crippen molar-refractivity contribution in [2.24, 2.45) is 5.73 Å². The second kappa shape index (κ2) is 3.94. The molecule has 0 heterocycles. The van der Waals surface area contributed by atoms with E-state index in [4.69, 9.17) is 15.9 Å². The van der Waals surface area contributed by atoms with Crippen molar-refractivity contribution in [3.05, 3.63) is 29.3 Å². The molecule has 0 aliphatic rings. The largest absolute Gasteiger partial charge is 0.486 e. The van der Waals surface area contributed by atoms with Crippen LogP contribution in [-0.4, -0.2) is 12.4 Å². The van der Waals surface area contributed by atoms with Crippen LogP contribution in [0.2, 0.25) is 0 Å². The molecule has 1 rings (SSSR count). The molecule has 0 unspecified atom stereocenters. The van der Waals surface area contributed by atoms with Crippen molar-refractivity contribution in [2.75, 3.05) is 6.61 Å². The summed E-state index contributed by atoms with van der Waals surface area (Å²) in [5.74, 6) is 0.802. The van der Waals surface area contributed by atoms with Gasteiger partial charge in [0.2, 0.25) is 0 Å². The monoisotopic (exact) mass is 178 g/mol. The molecule has 3 heteroatoms. The van der Waals surface area contributed by atoms with Crippen LogP contribution in [0.15, 0.2) is 18.2 Å². The Hall–Kier alpha value is -1.51. The number of nitrogens with two attached hydrogens (primary N) is 1. The van der Waals surface area contributed by atoms with Crippen LogP contribution in [0.4, 0.5) is 0 Å². The second-order valence-corrected chi connectivity index (χ2v) is 3.06. The van der Waals surface area contributed by atoms with Crippen molar-refractivity contribution in [2.45, 2.75) is 13.8 Å². The minimum absolute atomic E-state index is 0.0400. The number of aryl methyl sites for hydroxylation is 2. The Bertz CT molecular complexity index is 321. The average molecular weight is 178 g/mol. The lowest BCUT2D eigenvalue weighted by Crippen LogP contribution is -2.19. The molecule has 13 heavy (non-hydrogen) atoms. The summed E-state index contributed by atoms with van der Waals surface area (Å²) in [5.41, 5.74) is 7.58. The maximum atomic E-state index is 6.99. The predicted molar refractivity (Wildman–Crippen MR) is 53.3 cm³/mol. The van der Waals surface area contributed by atoms with Crippen molar-refractivity contribution >= 4 is 5.84 Å². The van der Waals surface area contributed by atoms with Gasteiger partial charge in [-0.2, -0.15) is 0 Å². The molecular formula is C10H14N2O. The van der Waals surface area contributed by atoms with Crippen molar-refractivity contribution in [1.82, 2.24) is 0 Å². The number of nitrogens with one attached hydrogen (secondary N) is 1. The Morgan fingerprint density at radius 1 is 1.38 bits per heavy atom. The molecule has 3 nitrogen and oxygen atoms in total. The zero-order valence-corrected chi connectivity index (χ0v) is 7.92. The highest BCUT2D eigenvalue weighted by Gasteiger charge is 1.97. The Morgan fingerprint density at radius 2 is 2.08 bits per heavy atom. The number of hydrogen-bond acceptors (Lipinski definition) is 2. The van der Waals surface area contributed by atoms with Crippen molar-refractivity contribution < 1.29 is 4.74 Å². The SMILES string of the molecule is Cc1ccc(OCC(=N)N)cc1C. The fourth-order valence-corrected chi connectivity index (χ4v) is 0.965. The molecule has 0 aliphatic carbocycles. The van der Waals surface area contributed by atoms with Gasteiger partial charge in [-0.1, -0.05) is 6.07 Å². The van der Waals surface area contributed by atoms with E-state index in [2.05, 4.69) is 0 Å². The van der Waals surface area contributed by atoms with Crippen molar-refractivity contribution in [1.29, 1.82) is 5.41 Å². The van der Waals surface area contributed by atoms with Gasteiger partial charge in [-0.15, -0.1) is 0 Å². The van der Waals surface area contributed by atoms with Crippen LogP contribution in [0.5, 0.6) is 5.75 Å². The zero-order chi connectivity index (χ0) is 9.84. The highest BCUT2D eigenvalue weighted by molar-refractivity contribution is 5.78. The molecule has 0 fully saturated rings. The van der Waals surface area contributed by atoms with E-state index in [1.165, 1.54) is 11.1 Å². The number of rotatable bonds is 3. The second-order valence-electron chi connectivity index (χ2n) is 3.06. The fourth-order valence-electron chi connectivity index (χ4n) is 0.965. The van der Waals surface area contributed by atoms with Crippen molar-refractivity contribution in [3.63, 3.8) is 0 Å². The Morgan fingerprint density at radius 3 is 2.62 bits per heavy atom. The van der Waals surface area contributed by atoms with E-state index < -0.39 is 0 Å². The highest BCUT2D eigenvalue weighted by Crippen LogP contribution is 2.15. The summed E-state index contributed by atoms with van der Waals surface area (Å²) in [6.45, 7) is 4.22. The van der Waals surface area contributed by atoms with Crippen LogP contribution in [0.1, 0.15) is 11.1 Å². The van der Waals surface area contributed by atoms with Crippen LogP contribution in [0.3, 0.4) is 0 Å². The Balaban J connectivity index is 2.68. The van der Waals surface area contributed by atoms with Gasteiger partial charge in [0.25, 0.3) is 0 Å². The van der Waals surface area contributed by atoms with E-state index in [0.29, 0.717) is 0 Å². The highest BCUT2D eigenvalue weighted by atomic mass is 16.5. The first-order valence-electron chi connectivity index (χ1n) is 4.12. The Kier molecular flexibility index (Phi) is 2.90. The zero-order valence-electron chi connectivity index (χ0n) is 7.92. The molecule has 0 saturated carbocycles. The van der Waals surface area contributed by atoms with Crippen LogP contribution in [-0.2, 0) is 0 Å². The van der Waals surface area contributed by atoms with E-state index in [1.54, 1.807) is 0 Å². The summed E-state index contributed by atoms with van der Waals surface area (Å²) in [4.78, 5) is 0. The number of hydrogen-bond donors (Lipinski definition) is 2. The minimum Gasteiger partial charge on any atom is -0.486 e. The summed E-state index contributed by atoms with van der Waals surface area (Å²) in [7, 11) is 0. The smallest absolute Gasteiger partial charge is 0.145 e. The maximum absolute atomic E-state index is 6.99. The van der Waals surface area contributed by atoms with E-state index in [1.807, 2.05) is 32.0 Å². The average Bonchev–Trinajstić information content (AvgIpc) is 2.07. The normalized spacial score (nSPS) is 9.69. The van der Waals surface area contributed by atoms with Crippen LogP contribution in [0.25, 0.3) is 0 Å². The molecule has 0 saturated heterocycles. The van der Waals surface area contributed by atoms with Gasteiger partial charge in [-0.05, 0) is 37.1 Å². The molecule has 0 atom stereocenters. The van der Waals surface area contributed by atoms with Gasteiger partial charge in [0.05, 0.1) is 0 Å². The molecule has 0 amide bonds. The maximum Gasteiger partial charge on any atom is 0.145 e. The van der Waals surface area contributed by atoms with Gasteiger partial charge in [-0.3, -0.25) is 5.41 Å². The molecule has 3 N–H and O–H groups in total. The summed E-state index contributed by atoms with van der Waals surface area (Å²) in [6.07, 6.45) is 0. The molecule has 1 aromatic carbocycles. The first-order valence-corrected chi connectivity index (χ1v) is 4.12. The lowest BCUT2D eigenvalue weighted by atomic mass is 10.1. The molecular weight excluding hydrogens is 164 g/mol. The molecule has 1 aromatic rings. The van der Waals surface area contributed by atoms with Gasteiger partial charge in [-0.25, -0.2) is 0 Å². The third kappa shape index (κ3) is 2.78. The fraction of sp³-hybridized carbons (Fsp3) is 0.300. The lowest BCUT2D eigenvalue weighted by molar-refractivity contribution is 0.374. The first kappa shape index (κ1) is 9.58. The number of benzene rings is 1. The van der Waals surface area contributed by atoms with Gasteiger partial charge in [0.1, 0.15) is 18.2 Å². The molecule has 0 aromatic heterocycles. The number of amidine groups is 1. The lowest BCUT2D eigenvalue weighted by Gasteiger charge is -2.06. The molecule has 70 valence electrons. The van der Waals surface area contributed by atoms with Crippen LogP contribution in [0, 0.1) is 19.3 Å². The number of ether oxygens (including phenoxy) is 1. The van der Waals surface area contributed by atoms with Gasteiger partial charge in [0.15, 0.2) is 0 Å². The topological polar surface area (TPSA) is 59.1 Å². The predicted octanol–water partition coefficient (Wildman–Crippen LogP) is 1.62. The molecule has 0 spiro atoms. The molecule has 0 radical (unpaired) electrons. The Labute approximate surface area is 78.0 Å². The summed E-state index contributed by atoms with van der Waals surface area (Å²) < 4.78 is 5.25. The van der Waals surface area contributed by atoms with E-state index in [9.17, 15) is 0 Å². The van der Waals surface area contributed by atoms with E-state index >= 15 is 0 Å². The standard InChI is InChI=1S/C10H14N2O/c1-7-3-4-9(5-8(7)2)13-6-10(11)12/h3-5H,6H2,1-2H3,(H3,11,12). The van der Waals surface area contributed by atoms with Crippen LogP contribution >= 0.6 is 0 Å². The van der Waals surface area contributed by atoms with E-state index in [0.717, 1.165) is 5.75 Å². The van der Waals surface area contributed by atoms with Gasteiger partial charge in [0, 0.05) is 0 Å². The summed E-state index contributed by atoms with van der Waals surface area (Å²) >= 11 is 0. The third-order valence-corrected chi connectivity index (χ3v) is 1.87. The molecule has 0 aliphatic heterocycles. The van der Waals surface area contributed by atoms with Gasteiger partial charge >= 0.3 is 0 Å². The third-order valence-electron chi connectivity index (χ3n) is 1.87. The summed E-state index contributed by atoms with van der Waals surface area (Å²) in [5, 5.41) is 6.99. The quantitative estimate of drug-likeness (QED) is 0.545. The van der Waals surface area contributed by atoms with Crippen LogP contribution < -0.4 is 10.5 Å². The first-order chi connectivity index (χ1) is 6.09. The van der Waals surface area contributed by atoms with Crippen molar-refractivity contribution in [3.8, 4) is 5.75 Å². The summed E-state index contributed by atoms with van der Waals surface area (Å²) in [6, 6.07) is 5.81. The van der Waals surface area contributed by atoms with E-state index in [-0.39, 0.29) is 12.4 Å².